The Kier molecular flexibility index (Phi) is 4.12. The van der Waals surface area contributed by atoms with E-state index < -0.39 is 5.60 Å². The summed E-state index contributed by atoms with van der Waals surface area (Å²) in [4.78, 5) is 16.3. The molecule has 1 aromatic heterocycles. The fourth-order valence-electron chi connectivity index (χ4n) is 2.06. The summed E-state index contributed by atoms with van der Waals surface area (Å²) in [7, 11) is 0. The van der Waals surface area contributed by atoms with Crippen molar-refractivity contribution in [1.29, 1.82) is 0 Å². The molecule has 1 aromatic carbocycles. The van der Waals surface area contributed by atoms with Gasteiger partial charge in [-0.3, -0.25) is 4.98 Å². The third-order valence-electron chi connectivity index (χ3n) is 3.03. The SMILES string of the molecule is C/C(=C\C(=O)OC(C)(C)C)c1cnc2ccc(C)cc2c1. The Morgan fingerprint density at radius 3 is 2.62 bits per heavy atom. The molecule has 0 bridgehead atoms. The lowest BCUT2D eigenvalue weighted by Crippen LogP contribution is -2.22. The van der Waals surface area contributed by atoms with Crippen LogP contribution in [0.15, 0.2) is 36.5 Å². The van der Waals surface area contributed by atoms with E-state index in [9.17, 15) is 4.79 Å². The highest BCUT2D eigenvalue weighted by Crippen LogP contribution is 2.20. The first-order valence-corrected chi connectivity index (χ1v) is 7.03. The van der Waals surface area contributed by atoms with Crippen molar-refractivity contribution in [1.82, 2.24) is 4.98 Å². The Bertz CT molecular complexity index is 709. The molecule has 0 atom stereocenters. The Balaban J connectivity index is 2.30. The van der Waals surface area contributed by atoms with Gasteiger partial charge in [-0.25, -0.2) is 4.79 Å². The first-order valence-electron chi connectivity index (χ1n) is 7.03. The van der Waals surface area contributed by atoms with Gasteiger partial charge in [-0.15, -0.1) is 0 Å². The van der Waals surface area contributed by atoms with Gasteiger partial charge in [0.15, 0.2) is 0 Å². The quantitative estimate of drug-likeness (QED) is 0.609. The first-order chi connectivity index (χ1) is 9.74. The van der Waals surface area contributed by atoms with E-state index in [4.69, 9.17) is 4.74 Å². The smallest absolute Gasteiger partial charge is 0.331 e. The topological polar surface area (TPSA) is 39.2 Å². The van der Waals surface area contributed by atoms with Gasteiger partial charge in [0.2, 0.25) is 0 Å². The van der Waals surface area contributed by atoms with Gasteiger partial charge in [0.05, 0.1) is 5.52 Å². The fourth-order valence-corrected chi connectivity index (χ4v) is 2.06. The number of aromatic nitrogens is 1. The van der Waals surface area contributed by atoms with Crippen molar-refractivity contribution in [3.05, 3.63) is 47.7 Å². The first kappa shape index (κ1) is 15.2. The van der Waals surface area contributed by atoms with Gasteiger partial charge in [-0.2, -0.15) is 0 Å². The van der Waals surface area contributed by atoms with Gasteiger partial charge in [-0.05, 0) is 64.0 Å². The highest BCUT2D eigenvalue weighted by Gasteiger charge is 2.14. The summed E-state index contributed by atoms with van der Waals surface area (Å²) in [5.41, 5.74) is 3.44. The number of allylic oxidation sites excluding steroid dienone is 1. The molecule has 0 aliphatic rings. The molecule has 0 fully saturated rings. The van der Waals surface area contributed by atoms with Gasteiger partial charge in [0, 0.05) is 17.7 Å². The number of ether oxygens (including phenoxy) is 1. The fraction of sp³-hybridized carbons (Fsp3) is 0.333. The number of hydrogen-bond donors (Lipinski definition) is 0. The summed E-state index contributed by atoms with van der Waals surface area (Å²) < 4.78 is 5.30. The van der Waals surface area contributed by atoms with Crippen LogP contribution < -0.4 is 0 Å². The van der Waals surface area contributed by atoms with Gasteiger partial charge in [-0.1, -0.05) is 11.6 Å². The van der Waals surface area contributed by atoms with E-state index in [0.29, 0.717) is 0 Å². The van der Waals surface area contributed by atoms with Crippen molar-refractivity contribution in [3.63, 3.8) is 0 Å². The molecule has 0 N–H and O–H groups in total. The number of hydrogen-bond acceptors (Lipinski definition) is 3. The van der Waals surface area contributed by atoms with Crippen LogP contribution in [-0.2, 0) is 9.53 Å². The molecule has 0 unspecified atom stereocenters. The van der Waals surface area contributed by atoms with E-state index in [1.807, 2.05) is 45.9 Å². The summed E-state index contributed by atoms with van der Waals surface area (Å²) in [6.07, 6.45) is 3.30. The molecule has 0 radical (unpaired) electrons. The summed E-state index contributed by atoms with van der Waals surface area (Å²) >= 11 is 0. The number of fused-ring (bicyclic) bond motifs is 1. The van der Waals surface area contributed by atoms with E-state index >= 15 is 0 Å². The van der Waals surface area contributed by atoms with Crippen LogP contribution in [0.5, 0.6) is 0 Å². The average molecular weight is 283 g/mol. The molecule has 2 aromatic rings. The minimum Gasteiger partial charge on any atom is -0.457 e. The third-order valence-corrected chi connectivity index (χ3v) is 3.03. The molecule has 0 saturated carbocycles. The van der Waals surface area contributed by atoms with Crippen LogP contribution in [0.4, 0.5) is 0 Å². The number of pyridine rings is 1. The predicted molar refractivity (Wildman–Crippen MR) is 86.0 cm³/mol. The van der Waals surface area contributed by atoms with Crippen LogP contribution in [0.3, 0.4) is 0 Å². The second-order valence-corrected chi connectivity index (χ2v) is 6.28. The van der Waals surface area contributed by atoms with Crippen molar-refractivity contribution >= 4 is 22.4 Å². The standard InChI is InChI=1S/C18H21NO2/c1-12-6-7-16-14(8-12)10-15(11-19-16)13(2)9-17(20)21-18(3,4)5/h6-11H,1-5H3/b13-9+. The van der Waals surface area contributed by atoms with Crippen molar-refractivity contribution in [2.24, 2.45) is 0 Å². The van der Waals surface area contributed by atoms with Crippen molar-refractivity contribution in [2.75, 3.05) is 0 Å². The normalized spacial score (nSPS) is 12.5. The lowest BCUT2D eigenvalue weighted by Gasteiger charge is -2.18. The lowest BCUT2D eigenvalue weighted by molar-refractivity contribution is -0.148. The number of carbonyl (C=O) groups excluding carboxylic acids is 1. The Morgan fingerprint density at radius 1 is 1.24 bits per heavy atom. The molecule has 1 heterocycles. The highest BCUT2D eigenvalue weighted by atomic mass is 16.6. The van der Waals surface area contributed by atoms with Gasteiger partial charge in [0.25, 0.3) is 0 Å². The summed E-state index contributed by atoms with van der Waals surface area (Å²) in [5.74, 6) is -0.329. The molecule has 2 rings (SSSR count). The number of benzene rings is 1. The maximum Gasteiger partial charge on any atom is 0.331 e. The van der Waals surface area contributed by atoms with E-state index in [-0.39, 0.29) is 5.97 Å². The molecule has 0 amide bonds. The number of rotatable bonds is 2. The minimum atomic E-state index is -0.480. The van der Waals surface area contributed by atoms with Crippen LogP contribution in [0, 0.1) is 6.92 Å². The number of nitrogens with zero attached hydrogens (tertiary/aromatic N) is 1. The van der Waals surface area contributed by atoms with Gasteiger partial charge >= 0.3 is 5.97 Å². The Hall–Kier alpha value is -2.16. The molecule has 0 aliphatic carbocycles. The molecule has 3 heteroatoms. The minimum absolute atomic E-state index is 0.329. The molecule has 0 spiro atoms. The van der Waals surface area contributed by atoms with E-state index in [2.05, 4.69) is 18.0 Å². The predicted octanol–water partition coefficient (Wildman–Crippen LogP) is 4.29. The van der Waals surface area contributed by atoms with E-state index in [0.717, 1.165) is 22.0 Å². The van der Waals surface area contributed by atoms with Crippen LogP contribution in [0.1, 0.15) is 38.8 Å². The van der Waals surface area contributed by atoms with E-state index in [1.165, 1.54) is 11.6 Å². The highest BCUT2D eigenvalue weighted by molar-refractivity contribution is 5.92. The van der Waals surface area contributed by atoms with Crippen LogP contribution in [0.2, 0.25) is 0 Å². The second kappa shape index (κ2) is 5.68. The molecule has 21 heavy (non-hydrogen) atoms. The Labute approximate surface area is 125 Å². The maximum absolute atomic E-state index is 11.8. The van der Waals surface area contributed by atoms with Crippen LogP contribution in [0.25, 0.3) is 16.5 Å². The van der Waals surface area contributed by atoms with Crippen LogP contribution >= 0.6 is 0 Å². The summed E-state index contributed by atoms with van der Waals surface area (Å²) in [6, 6.07) is 8.18. The lowest BCUT2D eigenvalue weighted by atomic mass is 10.1. The molecular formula is C18H21NO2. The zero-order valence-corrected chi connectivity index (χ0v) is 13.2. The van der Waals surface area contributed by atoms with Crippen molar-refractivity contribution in [3.8, 4) is 0 Å². The number of carbonyl (C=O) groups is 1. The maximum atomic E-state index is 11.8. The van der Waals surface area contributed by atoms with E-state index in [1.54, 1.807) is 6.20 Å². The molecule has 3 nitrogen and oxygen atoms in total. The van der Waals surface area contributed by atoms with Gasteiger partial charge < -0.3 is 4.74 Å². The molecule has 110 valence electrons. The third kappa shape index (κ3) is 4.15. The largest absolute Gasteiger partial charge is 0.457 e. The Morgan fingerprint density at radius 2 is 1.95 bits per heavy atom. The summed E-state index contributed by atoms with van der Waals surface area (Å²) in [6.45, 7) is 9.51. The summed E-state index contributed by atoms with van der Waals surface area (Å²) in [5, 5.41) is 1.07. The number of esters is 1. The average Bonchev–Trinajstić information content (AvgIpc) is 2.35. The van der Waals surface area contributed by atoms with Crippen molar-refractivity contribution < 1.29 is 9.53 Å². The molecule has 0 saturated heterocycles. The molecule has 0 aliphatic heterocycles. The zero-order chi connectivity index (χ0) is 15.6. The zero-order valence-electron chi connectivity index (χ0n) is 13.2. The second-order valence-electron chi connectivity index (χ2n) is 6.28. The molecular weight excluding hydrogens is 262 g/mol. The van der Waals surface area contributed by atoms with Crippen molar-refractivity contribution in [2.45, 2.75) is 40.2 Å². The monoisotopic (exact) mass is 283 g/mol. The number of aryl methyl sites for hydroxylation is 1. The van der Waals surface area contributed by atoms with Crippen LogP contribution in [-0.4, -0.2) is 16.6 Å². The van der Waals surface area contributed by atoms with Gasteiger partial charge in [0.1, 0.15) is 5.60 Å².